The minimum atomic E-state index is 0.613. The van der Waals surface area contributed by atoms with Gasteiger partial charge in [0.1, 0.15) is 0 Å². The normalized spacial score (nSPS) is 22.0. The third kappa shape index (κ3) is 3.07. The van der Waals surface area contributed by atoms with Crippen LogP contribution in [0.5, 0.6) is 0 Å². The molecular weight excluding hydrogens is 288 g/mol. The number of rotatable bonds is 3. The molecule has 0 bridgehead atoms. The predicted octanol–water partition coefficient (Wildman–Crippen LogP) is 3.58. The van der Waals surface area contributed by atoms with Crippen LogP contribution in [-0.2, 0) is 0 Å². The topological polar surface area (TPSA) is 15.3 Å². The lowest BCUT2D eigenvalue weighted by Gasteiger charge is -2.38. The Balaban J connectivity index is 2.15. The molecule has 1 aliphatic rings. The molecule has 18 heavy (non-hydrogen) atoms. The molecule has 2 atom stereocenters. The number of anilines is 1. The summed E-state index contributed by atoms with van der Waals surface area (Å²) in [5.41, 5.74) is 2.74. The summed E-state index contributed by atoms with van der Waals surface area (Å²) in [6.45, 7) is 10.1. The molecule has 0 radical (unpaired) electrons. The molecule has 1 aliphatic heterocycles. The van der Waals surface area contributed by atoms with Gasteiger partial charge in [0.25, 0.3) is 0 Å². The van der Waals surface area contributed by atoms with E-state index in [0.717, 1.165) is 25.6 Å². The average molecular weight is 311 g/mol. The molecule has 1 aromatic carbocycles. The molecule has 1 saturated heterocycles. The second-order valence-corrected chi connectivity index (χ2v) is 6.24. The molecule has 1 heterocycles. The highest BCUT2D eigenvalue weighted by Gasteiger charge is 2.24. The lowest BCUT2D eigenvalue weighted by molar-refractivity contribution is 0.341. The minimum absolute atomic E-state index is 0.613. The van der Waals surface area contributed by atoms with E-state index in [2.05, 4.69) is 65.1 Å². The number of halogens is 1. The molecule has 2 nitrogen and oxygen atoms in total. The van der Waals surface area contributed by atoms with E-state index < -0.39 is 0 Å². The number of nitrogens with zero attached hydrogens (tertiary/aromatic N) is 1. The molecule has 0 saturated carbocycles. The number of piperazine rings is 1. The minimum Gasteiger partial charge on any atom is -0.368 e. The van der Waals surface area contributed by atoms with Gasteiger partial charge < -0.3 is 10.2 Å². The second-order valence-electron chi connectivity index (χ2n) is 5.32. The molecule has 3 heteroatoms. The highest BCUT2D eigenvalue weighted by molar-refractivity contribution is 9.10. The van der Waals surface area contributed by atoms with Crippen molar-refractivity contribution in [3.05, 3.63) is 28.2 Å². The monoisotopic (exact) mass is 310 g/mol. The lowest BCUT2D eigenvalue weighted by atomic mass is 9.96. The van der Waals surface area contributed by atoms with Gasteiger partial charge in [0.15, 0.2) is 0 Å². The molecular formula is C15H23BrN2. The lowest BCUT2D eigenvalue weighted by Crippen LogP contribution is -2.53. The highest BCUT2D eigenvalue weighted by Crippen LogP contribution is 2.26. The average Bonchev–Trinajstić information content (AvgIpc) is 2.40. The van der Waals surface area contributed by atoms with Crippen LogP contribution < -0.4 is 10.2 Å². The molecule has 2 rings (SSSR count). The van der Waals surface area contributed by atoms with Crippen molar-refractivity contribution in [2.45, 2.75) is 33.2 Å². The van der Waals surface area contributed by atoms with Crippen LogP contribution in [0.25, 0.3) is 0 Å². The van der Waals surface area contributed by atoms with E-state index in [1.165, 1.54) is 22.1 Å². The van der Waals surface area contributed by atoms with Gasteiger partial charge in [0.05, 0.1) is 0 Å². The first-order chi connectivity index (χ1) is 8.61. The van der Waals surface area contributed by atoms with Crippen molar-refractivity contribution in [3.63, 3.8) is 0 Å². The van der Waals surface area contributed by atoms with Crippen molar-refractivity contribution in [3.8, 4) is 0 Å². The van der Waals surface area contributed by atoms with Crippen molar-refractivity contribution >= 4 is 21.6 Å². The third-order valence-electron chi connectivity index (χ3n) is 4.05. The Hall–Kier alpha value is -0.540. The van der Waals surface area contributed by atoms with Crippen LogP contribution >= 0.6 is 15.9 Å². The van der Waals surface area contributed by atoms with E-state index in [9.17, 15) is 0 Å². The standard InChI is InChI=1S/C15H23BrN2/c1-4-11(2)14-10-18(8-7-17-14)15-9-13(16)6-5-12(15)3/h5-6,9,11,14,17H,4,7-8,10H2,1-3H3. The highest BCUT2D eigenvalue weighted by atomic mass is 79.9. The van der Waals surface area contributed by atoms with E-state index in [-0.39, 0.29) is 0 Å². The zero-order valence-electron chi connectivity index (χ0n) is 11.5. The predicted molar refractivity (Wildman–Crippen MR) is 82.3 cm³/mol. The summed E-state index contributed by atoms with van der Waals surface area (Å²) in [7, 11) is 0. The summed E-state index contributed by atoms with van der Waals surface area (Å²) < 4.78 is 1.17. The van der Waals surface area contributed by atoms with Gasteiger partial charge in [0, 0.05) is 35.8 Å². The quantitative estimate of drug-likeness (QED) is 0.918. The van der Waals surface area contributed by atoms with Crippen molar-refractivity contribution in [1.82, 2.24) is 5.32 Å². The van der Waals surface area contributed by atoms with E-state index in [4.69, 9.17) is 0 Å². The summed E-state index contributed by atoms with van der Waals surface area (Å²) >= 11 is 3.58. The summed E-state index contributed by atoms with van der Waals surface area (Å²) in [5.74, 6) is 0.736. The van der Waals surface area contributed by atoms with Crippen LogP contribution in [-0.4, -0.2) is 25.7 Å². The first kappa shape index (κ1) is 13.9. The zero-order valence-corrected chi connectivity index (χ0v) is 13.1. The molecule has 0 aliphatic carbocycles. The van der Waals surface area contributed by atoms with Gasteiger partial charge in [-0.1, -0.05) is 42.3 Å². The van der Waals surface area contributed by atoms with Gasteiger partial charge in [-0.05, 0) is 30.5 Å². The van der Waals surface area contributed by atoms with Crippen LogP contribution in [0.3, 0.4) is 0 Å². The van der Waals surface area contributed by atoms with Crippen molar-refractivity contribution in [2.24, 2.45) is 5.92 Å². The Kier molecular flexibility index (Phi) is 4.68. The van der Waals surface area contributed by atoms with Gasteiger partial charge >= 0.3 is 0 Å². The van der Waals surface area contributed by atoms with Crippen LogP contribution in [0, 0.1) is 12.8 Å². The first-order valence-electron chi connectivity index (χ1n) is 6.86. The van der Waals surface area contributed by atoms with Gasteiger partial charge in [0.2, 0.25) is 0 Å². The Labute approximate surface area is 119 Å². The fraction of sp³-hybridized carbons (Fsp3) is 0.600. The third-order valence-corrected chi connectivity index (χ3v) is 4.54. The molecule has 0 aromatic heterocycles. The Morgan fingerprint density at radius 3 is 3.00 bits per heavy atom. The number of benzene rings is 1. The zero-order chi connectivity index (χ0) is 13.1. The van der Waals surface area contributed by atoms with Crippen molar-refractivity contribution in [1.29, 1.82) is 0 Å². The largest absolute Gasteiger partial charge is 0.368 e. The van der Waals surface area contributed by atoms with Gasteiger partial charge in [-0.25, -0.2) is 0 Å². The molecule has 1 fully saturated rings. The Morgan fingerprint density at radius 1 is 1.50 bits per heavy atom. The number of aryl methyl sites for hydroxylation is 1. The summed E-state index contributed by atoms with van der Waals surface area (Å²) in [4.78, 5) is 2.52. The van der Waals surface area contributed by atoms with Crippen LogP contribution in [0.1, 0.15) is 25.8 Å². The van der Waals surface area contributed by atoms with Gasteiger partial charge in [-0.2, -0.15) is 0 Å². The fourth-order valence-electron chi connectivity index (χ4n) is 2.59. The number of nitrogens with one attached hydrogen (secondary N) is 1. The number of hydrogen-bond donors (Lipinski definition) is 1. The maximum Gasteiger partial charge on any atom is 0.0408 e. The first-order valence-corrected chi connectivity index (χ1v) is 7.65. The van der Waals surface area contributed by atoms with E-state index in [1.54, 1.807) is 0 Å². The fourth-order valence-corrected chi connectivity index (χ4v) is 2.93. The van der Waals surface area contributed by atoms with E-state index in [0.29, 0.717) is 6.04 Å². The summed E-state index contributed by atoms with van der Waals surface area (Å²) in [5, 5.41) is 3.65. The van der Waals surface area contributed by atoms with Crippen LogP contribution in [0.15, 0.2) is 22.7 Å². The van der Waals surface area contributed by atoms with Crippen LogP contribution in [0.4, 0.5) is 5.69 Å². The van der Waals surface area contributed by atoms with Gasteiger partial charge in [-0.3, -0.25) is 0 Å². The Morgan fingerprint density at radius 2 is 2.28 bits per heavy atom. The molecule has 1 aromatic rings. The van der Waals surface area contributed by atoms with Crippen LogP contribution in [0.2, 0.25) is 0 Å². The van der Waals surface area contributed by atoms with Crippen molar-refractivity contribution < 1.29 is 0 Å². The van der Waals surface area contributed by atoms with Gasteiger partial charge in [-0.15, -0.1) is 0 Å². The molecule has 2 unspecified atom stereocenters. The van der Waals surface area contributed by atoms with E-state index >= 15 is 0 Å². The molecule has 0 amide bonds. The SMILES string of the molecule is CCC(C)C1CN(c2cc(Br)ccc2C)CCN1. The second kappa shape index (κ2) is 6.07. The number of hydrogen-bond acceptors (Lipinski definition) is 2. The Bertz CT molecular complexity index is 405. The van der Waals surface area contributed by atoms with Crippen molar-refractivity contribution in [2.75, 3.05) is 24.5 Å². The maximum absolute atomic E-state index is 3.65. The molecule has 1 N–H and O–H groups in total. The molecule has 100 valence electrons. The smallest absolute Gasteiger partial charge is 0.0408 e. The summed E-state index contributed by atoms with van der Waals surface area (Å²) in [6.07, 6.45) is 1.24. The molecule has 0 spiro atoms. The summed E-state index contributed by atoms with van der Waals surface area (Å²) in [6, 6.07) is 7.17. The van der Waals surface area contributed by atoms with E-state index in [1.807, 2.05) is 0 Å². The maximum atomic E-state index is 3.65.